The Balaban J connectivity index is 1.28. The smallest absolute Gasteiger partial charge is 0.247 e. The lowest BCUT2D eigenvalue weighted by Crippen LogP contribution is -2.29. The van der Waals surface area contributed by atoms with Gasteiger partial charge < -0.3 is 19.1 Å². The van der Waals surface area contributed by atoms with Crippen LogP contribution in [0.5, 0.6) is 17.2 Å². The summed E-state index contributed by atoms with van der Waals surface area (Å²) in [6, 6.07) is 13.8. The fourth-order valence-corrected chi connectivity index (χ4v) is 4.87. The predicted molar refractivity (Wildman–Crippen MR) is 128 cm³/mol. The fraction of sp³-hybridized carbons (Fsp3) is 0.308. The summed E-state index contributed by atoms with van der Waals surface area (Å²) in [5.74, 6) is 2.26. The maximum absolute atomic E-state index is 13.1. The van der Waals surface area contributed by atoms with Crippen LogP contribution in [-0.4, -0.2) is 35.5 Å². The molecule has 1 atom stereocenters. The van der Waals surface area contributed by atoms with Crippen LogP contribution in [0.2, 0.25) is 0 Å². The molecule has 0 aliphatic carbocycles. The van der Waals surface area contributed by atoms with Gasteiger partial charge in [-0.25, -0.2) is 4.98 Å². The molecule has 1 unspecified atom stereocenters. The zero-order valence-electron chi connectivity index (χ0n) is 18.5. The summed E-state index contributed by atoms with van der Waals surface area (Å²) in [7, 11) is 0. The summed E-state index contributed by atoms with van der Waals surface area (Å²) in [6.45, 7) is 4.24. The van der Waals surface area contributed by atoms with E-state index in [0.29, 0.717) is 19.8 Å². The molecule has 0 spiro atoms. The van der Waals surface area contributed by atoms with Gasteiger partial charge in [0.15, 0.2) is 11.5 Å². The molecule has 0 saturated carbocycles. The average Bonchev–Trinajstić information content (AvgIpc) is 3.50. The first kappa shape index (κ1) is 21.5. The number of carbonyl (C=O) groups is 1. The van der Waals surface area contributed by atoms with E-state index in [1.807, 2.05) is 65.7 Å². The molecule has 0 N–H and O–H groups in total. The van der Waals surface area contributed by atoms with Crippen molar-refractivity contribution in [2.24, 2.45) is 0 Å². The number of rotatable bonds is 6. The van der Waals surface area contributed by atoms with E-state index in [2.05, 4.69) is 4.98 Å². The van der Waals surface area contributed by atoms with Crippen molar-refractivity contribution < 1.29 is 19.0 Å². The lowest BCUT2D eigenvalue weighted by molar-refractivity contribution is -0.126. The topological polar surface area (TPSA) is 60.9 Å². The molecule has 1 amide bonds. The van der Waals surface area contributed by atoms with Crippen LogP contribution >= 0.6 is 11.3 Å². The van der Waals surface area contributed by atoms with Crippen LogP contribution in [0, 0.1) is 6.92 Å². The van der Waals surface area contributed by atoms with E-state index >= 15 is 0 Å². The summed E-state index contributed by atoms with van der Waals surface area (Å²) in [5.41, 5.74) is 2.86. The van der Waals surface area contributed by atoms with Gasteiger partial charge in [-0.05, 0) is 49.6 Å². The van der Waals surface area contributed by atoms with E-state index < -0.39 is 0 Å². The standard InChI is InChI=1S/C26H26N2O4S/c1-18-27-21(17-33-18)16-32-23-7-3-2-5-19(23)9-11-26(29)28-12-4-6-22(28)20-8-10-24-25(15-20)31-14-13-30-24/h2-3,5,7-11,15,17,22H,4,6,12-14,16H2,1H3/b11-9+. The molecule has 2 aliphatic rings. The maximum atomic E-state index is 13.1. The number of ether oxygens (including phenoxy) is 3. The van der Waals surface area contributed by atoms with Crippen molar-refractivity contribution in [3.05, 3.63) is 75.7 Å². The third-order valence-electron chi connectivity index (χ3n) is 5.85. The first-order valence-corrected chi connectivity index (χ1v) is 12.1. The van der Waals surface area contributed by atoms with E-state index in [-0.39, 0.29) is 11.9 Å². The van der Waals surface area contributed by atoms with Gasteiger partial charge >= 0.3 is 0 Å². The Morgan fingerprint density at radius 1 is 1.21 bits per heavy atom. The summed E-state index contributed by atoms with van der Waals surface area (Å²) in [4.78, 5) is 19.5. The molecule has 1 aromatic heterocycles. The largest absolute Gasteiger partial charge is 0.487 e. The average molecular weight is 463 g/mol. The summed E-state index contributed by atoms with van der Waals surface area (Å²) in [6.07, 6.45) is 5.39. The van der Waals surface area contributed by atoms with Crippen LogP contribution in [0.4, 0.5) is 0 Å². The van der Waals surface area contributed by atoms with Crippen molar-refractivity contribution in [1.82, 2.24) is 9.88 Å². The first-order valence-electron chi connectivity index (χ1n) is 11.2. The highest BCUT2D eigenvalue weighted by atomic mass is 32.1. The lowest BCUT2D eigenvalue weighted by Gasteiger charge is -2.26. The van der Waals surface area contributed by atoms with E-state index in [1.54, 1.807) is 17.4 Å². The molecule has 1 saturated heterocycles. The van der Waals surface area contributed by atoms with Crippen molar-refractivity contribution in [2.45, 2.75) is 32.4 Å². The van der Waals surface area contributed by atoms with Gasteiger partial charge in [-0.15, -0.1) is 11.3 Å². The van der Waals surface area contributed by atoms with Crippen molar-refractivity contribution in [3.8, 4) is 17.2 Å². The number of benzene rings is 2. The Hall–Kier alpha value is -3.32. The van der Waals surface area contributed by atoms with Crippen LogP contribution in [0.15, 0.2) is 53.9 Å². The van der Waals surface area contributed by atoms with E-state index in [0.717, 1.165) is 58.5 Å². The van der Waals surface area contributed by atoms with E-state index in [9.17, 15) is 4.79 Å². The number of nitrogens with zero attached hydrogens (tertiary/aromatic N) is 2. The Bertz CT molecular complexity index is 1170. The molecule has 0 radical (unpaired) electrons. The normalized spacial score (nSPS) is 17.5. The molecule has 7 heteroatoms. The van der Waals surface area contributed by atoms with Crippen LogP contribution in [0.3, 0.4) is 0 Å². The number of thiazole rings is 1. The molecular formula is C26H26N2O4S. The number of aromatic nitrogens is 1. The Labute approximate surface area is 197 Å². The van der Waals surface area contributed by atoms with Crippen LogP contribution in [0.25, 0.3) is 6.08 Å². The molecule has 6 nitrogen and oxygen atoms in total. The van der Waals surface area contributed by atoms with Gasteiger partial charge in [0.25, 0.3) is 0 Å². The van der Waals surface area contributed by atoms with Gasteiger partial charge in [0.05, 0.1) is 16.7 Å². The predicted octanol–water partition coefficient (Wildman–Crippen LogP) is 5.18. The number of likely N-dealkylation sites (tertiary alicyclic amines) is 1. The van der Waals surface area contributed by atoms with Gasteiger partial charge in [-0.1, -0.05) is 24.3 Å². The zero-order chi connectivity index (χ0) is 22.6. The molecular weight excluding hydrogens is 436 g/mol. The highest BCUT2D eigenvalue weighted by Gasteiger charge is 2.29. The second kappa shape index (κ2) is 9.67. The summed E-state index contributed by atoms with van der Waals surface area (Å²) < 4.78 is 17.3. The first-order chi connectivity index (χ1) is 16.2. The molecule has 2 aliphatic heterocycles. The number of hydrogen-bond donors (Lipinski definition) is 0. The highest BCUT2D eigenvalue weighted by Crippen LogP contribution is 2.38. The highest BCUT2D eigenvalue weighted by molar-refractivity contribution is 7.09. The number of hydrogen-bond acceptors (Lipinski definition) is 6. The SMILES string of the molecule is Cc1nc(COc2ccccc2/C=C/C(=O)N2CCCC2c2ccc3c(c2)OCCO3)cs1. The molecule has 3 aromatic rings. The number of carbonyl (C=O) groups excluding carboxylic acids is 1. The number of aryl methyl sites for hydroxylation is 1. The molecule has 2 aromatic carbocycles. The van der Waals surface area contributed by atoms with Crippen molar-refractivity contribution in [3.63, 3.8) is 0 Å². The third-order valence-corrected chi connectivity index (χ3v) is 6.68. The van der Waals surface area contributed by atoms with Gasteiger partial charge in [0.2, 0.25) is 5.91 Å². The minimum atomic E-state index is -0.00248. The Morgan fingerprint density at radius 3 is 2.91 bits per heavy atom. The maximum Gasteiger partial charge on any atom is 0.247 e. The second-order valence-corrected chi connectivity index (χ2v) is 9.17. The molecule has 3 heterocycles. The van der Waals surface area contributed by atoms with Crippen molar-refractivity contribution >= 4 is 23.3 Å². The molecule has 0 bridgehead atoms. The van der Waals surface area contributed by atoms with Gasteiger partial charge in [-0.3, -0.25) is 4.79 Å². The van der Waals surface area contributed by atoms with Gasteiger partial charge in [0, 0.05) is 23.6 Å². The number of para-hydroxylation sites is 1. The van der Waals surface area contributed by atoms with Gasteiger partial charge in [0.1, 0.15) is 25.6 Å². The van der Waals surface area contributed by atoms with Crippen molar-refractivity contribution in [2.75, 3.05) is 19.8 Å². The van der Waals surface area contributed by atoms with Crippen LogP contribution < -0.4 is 14.2 Å². The van der Waals surface area contributed by atoms with E-state index in [1.165, 1.54) is 0 Å². The second-order valence-electron chi connectivity index (χ2n) is 8.11. The molecule has 33 heavy (non-hydrogen) atoms. The summed E-state index contributed by atoms with van der Waals surface area (Å²) in [5, 5.41) is 3.02. The number of amides is 1. The Kier molecular flexibility index (Phi) is 6.30. The van der Waals surface area contributed by atoms with E-state index in [4.69, 9.17) is 14.2 Å². The fourth-order valence-electron chi connectivity index (χ4n) is 4.28. The monoisotopic (exact) mass is 462 g/mol. The van der Waals surface area contributed by atoms with Crippen molar-refractivity contribution in [1.29, 1.82) is 0 Å². The zero-order valence-corrected chi connectivity index (χ0v) is 19.3. The summed E-state index contributed by atoms with van der Waals surface area (Å²) >= 11 is 1.61. The minimum absolute atomic E-state index is 0.00248. The number of fused-ring (bicyclic) bond motifs is 1. The molecule has 170 valence electrons. The van der Waals surface area contributed by atoms with Gasteiger partial charge in [-0.2, -0.15) is 0 Å². The van der Waals surface area contributed by atoms with Crippen LogP contribution in [0.1, 0.15) is 40.7 Å². The molecule has 1 fully saturated rings. The molecule has 5 rings (SSSR count). The third kappa shape index (κ3) is 4.88. The lowest BCUT2D eigenvalue weighted by atomic mass is 10.0. The van der Waals surface area contributed by atoms with Crippen LogP contribution in [-0.2, 0) is 11.4 Å². The minimum Gasteiger partial charge on any atom is -0.487 e. The quantitative estimate of drug-likeness (QED) is 0.473. The Morgan fingerprint density at radius 2 is 2.06 bits per heavy atom.